The van der Waals surface area contributed by atoms with Crippen molar-refractivity contribution in [3.05, 3.63) is 28.6 Å². The fraction of sp³-hybridized carbons (Fsp3) is 0.400. The Labute approximate surface area is 158 Å². The molecule has 1 amide bonds. The normalized spacial score (nSPS) is 18.0. The number of hydrogen-bond donors (Lipinski definition) is 1. The molecule has 8 nitrogen and oxygen atoms in total. The quantitative estimate of drug-likeness (QED) is 0.725. The number of carbonyl (C=O) groups excluding carboxylic acids is 2. The summed E-state index contributed by atoms with van der Waals surface area (Å²) >= 11 is 2.21. The van der Waals surface area contributed by atoms with E-state index in [0.29, 0.717) is 19.4 Å². The minimum Gasteiger partial charge on any atom is -0.461 e. The van der Waals surface area contributed by atoms with E-state index in [2.05, 4.69) is 10.3 Å². The molecule has 1 saturated heterocycles. The highest BCUT2D eigenvalue weighted by atomic mass is 32.2. The third-order valence-electron chi connectivity index (χ3n) is 3.78. The van der Waals surface area contributed by atoms with E-state index in [4.69, 9.17) is 4.74 Å². The zero-order valence-corrected chi connectivity index (χ0v) is 16.3. The van der Waals surface area contributed by atoms with Crippen molar-refractivity contribution in [3.8, 4) is 0 Å². The van der Waals surface area contributed by atoms with Crippen molar-refractivity contribution in [2.45, 2.75) is 30.0 Å². The van der Waals surface area contributed by atoms with Crippen LogP contribution < -0.4 is 5.32 Å². The second-order valence-electron chi connectivity index (χ2n) is 5.45. The number of rotatable bonds is 6. The number of anilines is 1. The van der Waals surface area contributed by atoms with Gasteiger partial charge < -0.3 is 10.1 Å². The lowest BCUT2D eigenvalue weighted by atomic mass is 10.2. The Hall–Kier alpha value is -1.82. The van der Waals surface area contributed by atoms with Crippen LogP contribution in [0.3, 0.4) is 0 Å². The number of sulfonamides is 1. The van der Waals surface area contributed by atoms with Crippen LogP contribution in [0, 0.1) is 0 Å². The molecule has 11 heteroatoms. The first-order chi connectivity index (χ1) is 12.4. The second-order valence-corrected chi connectivity index (χ2v) is 9.38. The van der Waals surface area contributed by atoms with Crippen molar-refractivity contribution in [1.82, 2.24) is 9.29 Å². The Balaban J connectivity index is 1.72. The van der Waals surface area contributed by atoms with Crippen LogP contribution in [0.25, 0.3) is 0 Å². The summed E-state index contributed by atoms with van der Waals surface area (Å²) in [5.41, 5.74) is 0.113. The molecule has 3 rings (SSSR count). The van der Waals surface area contributed by atoms with Crippen LogP contribution >= 0.6 is 22.7 Å². The molecule has 26 heavy (non-hydrogen) atoms. The van der Waals surface area contributed by atoms with Gasteiger partial charge in [-0.15, -0.1) is 22.7 Å². The molecule has 0 spiro atoms. The lowest BCUT2D eigenvalue weighted by Gasteiger charge is -2.22. The number of nitrogens with one attached hydrogen (secondary N) is 1. The molecule has 1 N–H and O–H groups in total. The van der Waals surface area contributed by atoms with Crippen LogP contribution in [-0.2, 0) is 19.6 Å². The summed E-state index contributed by atoms with van der Waals surface area (Å²) < 4.78 is 31.7. The number of hydrogen-bond acceptors (Lipinski definition) is 8. The predicted molar refractivity (Wildman–Crippen MR) is 97.9 cm³/mol. The van der Waals surface area contributed by atoms with Gasteiger partial charge in [0.25, 0.3) is 10.0 Å². The van der Waals surface area contributed by atoms with Gasteiger partial charge in [-0.2, -0.15) is 4.31 Å². The van der Waals surface area contributed by atoms with Gasteiger partial charge in [0.15, 0.2) is 10.8 Å². The molecule has 0 aromatic carbocycles. The zero-order valence-electron chi connectivity index (χ0n) is 13.9. The first-order valence-corrected chi connectivity index (χ1v) is 11.1. The number of nitrogens with zero attached hydrogens (tertiary/aromatic N) is 2. The number of amides is 1. The van der Waals surface area contributed by atoms with Gasteiger partial charge in [0.2, 0.25) is 5.91 Å². The summed E-state index contributed by atoms with van der Waals surface area (Å²) in [5.74, 6) is -1.01. The Bertz CT molecular complexity index is 892. The van der Waals surface area contributed by atoms with Gasteiger partial charge in [0, 0.05) is 11.9 Å². The average Bonchev–Trinajstić information content (AvgIpc) is 3.35. The summed E-state index contributed by atoms with van der Waals surface area (Å²) in [7, 11) is -3.70. The minimum absolute atomic E-state index is 0.113. The topological polar surface area (TPSA) is 106 Å². The van der Waals surface area contributed by atoms with Crippen LogP contribution in [0.4, 0.5) is 5.13 Å². The predicted octanol–water partition coefficient (Wildman–Crippen LogP) is 2.17. The summed E-state index contributed by atoms with van der Waals surface area (Å²) in [6.07, 6.45) is 1.04. The molecule has 2 aromatic rings. The average molecular weight is 416 g/mol. The van der Waals surface area contributed by atoms with E-state index in [1.54, 1.807) is 18.4 Å². The highest BCUT2D eigenvalue weighted by Crippen LogP contribution is 2.29. The molecule has 0 aliphatic carbocycles. The van der Waals surface area contributed by atoms with Crippen LogP contribution in [0.2, 0.25) is 0 Å². The van der Waals surface area contributed by atoms with E-state index in [-0.39, 0.29) is 21.6 Å². The largest absolute Gasteiger partial charge is 0.461 e. The van der Waals surface area contributed by atoms with E-state index >= 15 is 0 Å². The highest BCUT2D eigenvalue weighted by Gasteiger charge is 2.40. The standard InChI is InChI=1S/C15H17N3O5S3/c1-2-23-14(20)10-9-25-15(16-10)17-13(19)11-5-3-7-18(11)26(21,22)12-6-4-8-24-12/h4,6,8-9,11H,2-3,5,7H2,1H3,(H,16,17,19). The van der Waals surface area contributed by atoms with Crippen molar-refractivity contribution >= 4 is 49.7 Å². The summed E-state index contributed by atoms with van der Waals surface area (Å²) in [6, 6.07) is 2.39. The first kappa shape index (κ1) is 19.0. The molecule has 140 valence electrons. The summed E-state index contributed by atoms with van der Waals surface area (Å²) in [5, 5.41) is 6.01. The summed E-state index contributed by atoms with van der Waals surface area (Å²) in [6.45, 7) is 2.22. The second kappa shape index (κ2) is 7.82. The molecular formula is C15H17N3O5S3. The highest BCUT2D eigenvalue weighted by molar-refractivity contribution is 7.91. The number of carbonyl (C=O) groups is 2. The molecule has 2 aromatic heterocycles. The van der Waals surface area contributed by atoms with E-state index in [1.165, 1.54) is 15.8 Å². The third-order valence-corrected chi connectivity index (χ3v) is 7.82. The van der Waals surface area contributed by atoms with Gasteiger partial charge in [-0.05, 0) is 31.2 Å². The number of aromatic nitrogens is 1. The molecule has 0 bridgehead atoms. The molecule has 0 saturated carbocycles. The molecule has 1 fully saturated rings. The van der Waals surface area contributed by atoms with Gasteiger partial charge in [-0.1, -0.05) is 6.07 Å². The van der Waals surface area contributed by atoms with Crippen molar-refractivity contribution in [3.63, 3.8) is 0 Å². The third kappa shape index (κ3) is 3.80. The number of ether oxygens (including phenoxy) is 1. The fourth-order valence-electron chi connectivity index (χ4n) is 2.63. The van der Waals surface area contributed by atoms with Gasteiger partial charge in [-0.3, -0.25) is 4.79 Å². The summed E-state index contributed by atoms with van der Waals surface area (Å²) in [4.78, 5) is 28.2. The van der Waals surface area contributed by atoms with Crippen molar-refractivity contribution < 1.29 is 22.7 Å². The van der Waals surface area contributed by atoms with Gasteiger partial charge >= 0.3 is 5.97 Å². The Morgan fingerprint density at radius 1 is 1.42 bits per heavy atom. The van der Waals surface area contributed by atoms with E-state index in [0.717, 1.165) is 22.7 Å². The van der Waals surface area contributed by atoms with Crippen LogP contribution in [0.5, 0.6) is 0 Å². The SMILES string of the molecule is CCOC(=O)c1csc(NC(=O)C2CCCN2S(=O)(=O)c2cccs2)n1. The maximum atomic E-state index is 12.7. The smallest absolute Gasteiger partial charge is 0.357 e. The van der Waals surface area contributed by atoms with Crippen LogP contribution in [0.15, 0.2) is 27.1 Å². The lowest BCUT2D eigenvalue weighted by molar-refractivity contribution is -0.119. The molecular weight excluding hydrogens is 398 g/mol. The van der Waals surface area contributed by atoms with Crippen molar-refractivity contribution in [1.29, 1.82) is 0 Å². The number of thiophene rings is 1. The molecule has 3 heterocycles. The monoisotopic (exact) mass is 415 g/mol. The number of esters is 1. The molecule has 0 radical (unpaired) electrons. The zero-order chi connectivity index (χ0) is 18.7. The maximum absolute atomic E-state index is 12.7. The van der Waals surface area contributed by atoms with E-state index < -0.39 is 27.9 Å². The van der Waals surface area contributed by atoms with Crippen molar-refractivity contribution in [2.75, 3.05) is 18.5 Å². The van der Waals surface area contributed by atoms with Gasteiger partial charge in [-0.25, -0.2) is 18.2 Å². The Morgan fingerprint density at radius 3 is 2.92 bits per heavy atom. The van der Waals surface area contributed by atoms with Crippen molar-refractivity contribution in [2.24, 2.45) is 0 Å². The molecule has 1 aliphatic heterocycles. The Kier molecular flexibility index (Phi) is 5.70. The van der Waals surface area contributed by atoms with E-state index in [1.807, 2.05) is 0 Å². The molecule has 1 aliphatic rings. The van der Waals surface area contributed by atoms with E-state index in [9.17, 15) is 18.0 Å². The first-order valence-electron chi connectivity index (χ1n) is 7.92. The minimum atomic E-state index is -3.70. The molecule has 1 atom stereocenters. The van der Waals surface area contributed by atoms with Gasteiger partial charge in [0.05, 0.1) is 6.61 Å². The van der Waals surface area contributed by atoms with Gasteiger partial charge in [0.1, 0.15) is 10.3 Å². The maximum Gasteiger partial charge on any atom is 0.357 e. The van der Waals surface area contributed by atoms with Crippen LogP contribution in [-0.4, -0.2) is 48.8 Å². The van der Waals surface area contributed by atoms with Crippen LogP contribution in [0.1, 0.15) is 30.3 Å². The fourth-order valence-corrected chi connectivity index (χ4v) is 6.09. The Morgan fingerprint density at radius 2 is 2.23 bits per heavy atom. The lowest BCUT2D eigenvalue weighted by Crippen LogP contribution is -2.42. The molecule has 1 unspecified atom stereocenters. The number of thiazole rings is 1.